The van der Waals surface area contributed by atoms with Gasteiger partial charge in [0.25, 0.3) is 0 Å². The summed E-state index contributed by atoms with van der Waals surface area (Å²) in [5.74, 6) is 0.544. The van der Waals surface area contributed by atoms with Gasteiger partial charge >= 0.3 is 0 Å². The highest BCUT2D eigenvalue weighted by molar-refractivity contribution is 7.91. The van der Waals surface area contributed by atoms with Crippen LogP contribution in [0.3, 0.4) is 0 Å². The molecule has 230 valence electrons. The molecule has 0 bridgehead atoms. The largest absolute Gasteiger partial charge is 0.487 e. The number of pyridine rings is 2. The lowest BCUT2D eigenvalue weighted by atomic mass is 9.94. The molecule has 2 N–H and O–H groups in total. The number of benzene rings is 2. The second-order valence-corrected chi connectivity index (χ2v) is 12.8. The van der Waals surface area contributed by atoms with Crippen molar-refractivity contribution in [2.45, 2.75) is 23.7 Å². The molecule has 0 amide bonds. The minimum atomic E-state index is -3.53. The predicted octanol–water partition coefficient (Wildman–Crippen LogP) is 5.73. The second-order valence-electron chi connectivity index (χ2n) is 10.3. The lowest BCUT2D eigenvalue weighted by Gasteiger charge is -2.29. The fourth-order valence-electron chi connectivity index (χ4n) is 4.89. The first kappa shape index (κ1) is 30.4. The fraction of sp³-hybridized carbons (Fsp3) is 0.188. The second kappa shape index (κ2) is 13.1. The lowest BCUT2D eigenvalue weighted by Crippen LogP contribution is -2.40. The first-order chi connectivity index (χ1) is 21.8. The average Bonchev–Trinajstić information content (AvgIpc) is 3.53. The van der Waals surface area contributed by atoms with Crippen LogP contribution in [0.2, 0.25) is 5.02 Å². The topological polar surface area (TPSA) is 128 Å². The molecule has 0 saturated heterocycles. The van der Waals surface area contributed by atoms with Gasteiger partial charge < -0.3 is 20.1 Å². The molecule has 0 spiro atoms. The molecule has 3 aromatic heterocycles. The maximum Gasteiger partial charge on any atom is 0.196 e. The number of fused-ring (bicyclic) bond motifs is 1. The molecule has 4 heterocycles. The van der Waals surface area contributed by atoms with Crippen LogP contribution < -0.4 is 15.4 Å². The van der Waals surface area contributed by atoms with Gasteiger partial charge in [-0.1, -0.05) is 29.8 Å². The number of nitrogens with one attached hydrogen (secondary N) is 2. The van der Waals surface area contributed by atoms with E-state index in [1.807, 2.05) is 12.1 Å². The van der Waals surface area contributed by atoms with Gasteiger partial charge in [0.05, 0.1) is 34.4 Å². The summed E-state index contributed by atoms with van der Waals surface area (Å²) >= 11 is 6.51. The highest BCUT2D eigenvalue weighted by Crippen LogP contribution is 2.36. The quantitative estimate of drug-likeness (QED) is 0.162. The Labute approximate surface area is 264 Å². The Balaban J connectivity index is 1.17. The smallest absolute Gasteiger partial charge is 0.196 e. The van der Waals surface area contributed by atoms with Crippen LogP contribution in [0.4, 0.5) is 15.9 Å². The number of anilines is 2. The molecule has 0 fully saturated rings. The van der Waals surface area contributed by atoms with Gasteiger partial charge in [-0.2, -0.15) is 0 Å². The lowest BCUT2D eigenvalue weighted by molar-refractivity contribution is 0.0378. The number of rotatable bonds is 12. The summed E-state index contributed by atoms with van der Waals surface area (Å²) in [5.41, 5.74) is 1.76. The van der Waals surface area contributed by atoms with Crippen LogP contribution >= 0.6 is 11.6 Å². The van der Waals surface area contributed by atoms with Crippen molar-refractivity contribution in [3.8, 4) is 5.75 Å². The van der Waals surface area contributed by atoms with Crippen molar-refractivity contribution in [1.82, 2.24) is 25.3 Å². The first-order valence-corrected chi connectivity index (χ1v) is 16.1. The third-order valence-corrected chi connectivity index (χ3v) is 9.13. The summed E-state index contributed by atoms with van der Waals surface area (Å²) < 4.78 is 50.7. The standard InChI is InChI=1S/C32H28ClFN6O4S/c33-26-16-24(8-9-28(26)43-19-22-5-3-6-23(34)15-22)40-31-25-17-29(37-18-27(25)38-21-39-31)32(10-4-13-44-32)20-35-12-14-45(41,42)30-7-1-2-11-36-30/h1-9,11,13,15-18,21,35H,10,12,14,19-20H2,(H,38,39,40). The first-order valence-electron chi connectivity index (χ1n) is 14.0. The number of nitrogens with zero attached hydrogens (tertiary/aromatic N) is 4. The third kappa shape index (κ3) is 7.03. The van der Waals surface area contributed by atoms with E-state index in [1.165, 1.54) is 30.7 Å². The predicted molar refractivity (Wildman–Crippen MR) is 168 cm³/mol. The van der Waals surface area contributed by atoms with Crippen LogP contribution in [0, 0.1) is 5.82 Å². The van der Waals surface area contributed by atoms with E-state index < -0.39 is 15.4 Å². The van der Waals surface area contributed by atoms with Gasteiger partial charge in [-0.3, -0.25) is 4.98 Å². The van der Waals surface area contributed by atoms with Gasteiger partial charge in [0.15, 0.2) is 20.5 Å². The maximum atomic E-state index is 13.5. The Morgan fingerprint density at radius 3 is 2.71 bits per heavy atom. The zero-order chi connectivity index (χ0) is 31.3. The van der Waals surface area contributed by atoms with Gasteiger partial charge in [0.2, 0.25) is 0 Å². The molecule has 1 unspecified atom stereocenters. The molecule has 0 saturated carbocycles. The molecule has 1 atom stereocenters. The van der Waals surface area contributed by atoms with E-state index in [0.29, 0.717) is 57.4 Å². The van der Waals surface area contributed by atoms with Gasteiger partial charge in [-0.25, -0.2) is 27.8 Å². The van der Waals surface area contributed by atoms with Crippen LogP contribution in [-0.2, 0) is 26.8 Å². The number of halogens is 2. The van der Waals surface area contributed by atoms with Crippen molar-refractivity contribution in [1.29, 1.82) is 0 Å². The molecule has 0 aliphatic carbocycles. The van der Waals surface area contributed by atoms with Crippen LogP contribution in [0.15, 0.2) is 103 Å². The average molecular weight is 647 g/mol. The van der Waals surface area contributed by atoms with Crippen LogP contribution in [0.1, 0.15) is 17.7 Å². The number of hydrogen-bond acceptors (Lipinski definition) is 10. The van der Waals surface area contributed by atoms with E-state index in [-0.39, 0.29) is 29.7 Å². The highest BCUT2D eigenvalue weighted by atomic mass is 35.5. The van der Waals surface area contributed by atoms with Crippen molar-refractivity contribution in [2.24, 2.45) is 0 Å². The molecule has 10 nitrogen and oxygen atoms in total. The number of aromatic nitrogens is 4. The van der Waals surface area contributed by atoms with Crippen LogP contribution in [0.25, 0.3) is 10.9 Å². The Morgan fingerprint density at radius 2 is 1.93 bits per heavy atom. The molecule has 6 rings (SSSR count). The van der Waals surface area contributed by atoms with Crippen molar-refractivity contribution in [2.75, 3.05) is 24.2 Å². The highest BCUT2D eigenvalue weighted by Gasteiger charge is 2.37. The van der Waals surface area contributed by atoms with Gasteiger partial charge in [0, 0.05) is 36.8 Å². The summed E-state index contributed by atoms with van der Waals surface area (Å²) in [4.78, 5) is 17.4. The minimum Gasteiger partial charge on any atom is -0.487 e. The molecule has 13 heteroatoms. The van der Waals surface area contributed by atoms with Gasteiger partial charge in [0.1, 0.15) is 30.3 Å². The summed E-state index contributed by atoms with van der Waals surface area (Å²) in [6.07, 6.45) is 8.62. The number of sulfone groups is 1. The zero-order valence-corrected chi connectivity index (χ0v) is 25.4. The molecular formula is C32H28ClFN6O4S. The maximum absolute atomic E-state index is 13.5. The Kier molecular flexibility index (Phi) is 8.87. The minimum absolute atomic E-state index is 0.0452. The van der Waals surface area contributed by atoms with E-state index in [1.54, 1.807) is 54.9 Å². The number of ether oxygens (including phenoxy) is 2. The van der Waals surface area contributed by atoms with Crippen molar-refractivity contribution in [3.05, 3.63) is 120 Å². The molecule has 0 radical (unpaired) electrons. The summed E-state index contributed by atoms with van der Waals surface area (Å²) in [7, 11) is -3.53. The van der Waals surface area contributed by atoms with E-state index in [0.717, 1.165) is 0 Å². The SMILES string of the molecule is O=S(=O)(CCNCC1(c2cc3c(Nc4ccc(OCc5cccc(F)c5)c(Cl)c4)ncnc3cn2)CC=CO1)c1ccccn1. The molecule has 2 aromatic carbocycles. The Hall–Kier alpha value is -4.65. The molecule has 5 aromatic rings. The van der Waals surface area contributed by atoms with Crippen molar-refractivity contribution in [3.63, 3.8) is 0 Å². The van der Waals surface area contributed by atoms with E-state index >= 15 is 0 Å². The summed E-state index contributed by atoms with van der Waals surface area (Å²) in [5, 5.41) is 7.65. The van der Waals surface area contributed by atoms with E-state index in [9.17, 15) is 12.8 Å². The summed E-state index contributed by atoms with van der Waals surface area (Å²) in [6, 6.07) is 18.1. The molecule has 1 aliphatic heterocycles. The van der Waals surface area contributed by atoms with Crippen LogP contribution in [-0.4, -0.2) is 47.2 Å². The molecule has 1 aliphatic rings. The van der Waals surface area contributed by atoms with Gasteiger partial charge in [-0.05, 0) is 60.2 Å². The fourth-order valence-corrected chi connectivity index (χ4v) is 6.26. The van der Waals surface area contributed by atoms with Gasteiger partial charge in [-0.15, -0.1) is 0 Å². The van der Waals surface area contributed by atoms with Crippen molar-refractivity contribution < 1.29 is 22.3 Å². The van der Waals surface area contributed by atoms with Crippen LogP contribution in [0.5, 0.6) is 5.75 Å². The number of hydrogen-bond donors (Lipinski definition) is 2. The Bertz CT molecular complexity index is 1950. The molecule has 45 heavy (non-hydrogen) atoms. The van der Waals surface area contributed by atoms with E-state index in [2.05, 4.69) is 30.6 Å². The van der Waals surface area contributed by atoms with E-state index in [4.69, 9.17) is 21.1 Å². The molecular weight excluding hydrogens is 619 g/mol. The van der Waals surface area contributed by atoms with Crippen molar-refractivity contribution >= 4 is 43.8 Å². The normalized spacial score (nSPS) is 16.0. The zero-order valence-electron chi connectivity index (χ0n) is 23.9. The summed E-state index contributed by atoms with van der Waals surface area (Å²) in [6.45, 7) is 0.694. The monoisotopic (exact) mass is 646 g/mol. The third-order valence-electron chi connectivity index (χ3n) is 7.22. The Morgan fingerprint density at radius 1 is 1.02 bits per heavy atom.